The van der Waals surface area contributed by atoms with E-state index in [1.807, 2.05) is 13.8 Å². The van der Waals surface area contributed by atoms with Crippen molar-refractivity contribution in [2.45, 2.75) is 54.4 Å². The van der Waals surface area contributed by atoms with Crippen LogP contribution >= 0.6 is 0 Å². The van der Waals surface area contributed by atoms with Crippen LogP contribution in [0.25, 0.3) is 0 Å². The van der Waals surface area contributed by atoms with Gasteiger partial charge in [-0.3, -0.25) is 4.39 Å². The molecule has 0 bridgehead atoms. The van der Waals surface area contributed by atoms with Crippen molar-refractivity contribution in [3.63, 3.8) is 0 Å². The van der Waals surface area contributed by atoms with E-state index < -0.39 is 0 Å². The van der Waals surface area contributed by atoms with Crippen LogP contribution in [0, 0.1) is 11.8 Å². The van der Waals surface area contributed by atoms with Gasteiger partial charge in [0.05, 0.1) is 7.18 Å². The summed E-state index contributed by atoms with van der Waals surface area (Å²) in [5.74, 6) is 1.83. The van der Waals surface area contributed by atoms with Crippen LogP contribution in [0.1, 0.15) is 54.4 Å². The summed E-state index contributed by atoms with van der Waals surface area (Å²) < 4.78 is 9.50. The Morgan fingerprint density at radius 3 is 1.08 bits per heavy atom. The van der Waals surface area contributed by atoms with Crippen LogP contribution in [0.2, 0.25) is 0 Å². The molecule has 0 fully saturated rings. The molecule has 0 aliphatic carbocycles. The summed E-state index contributed by atoms with van der Waals surface area (Å²) in [5, 5.41) is 0. The van der Waals surface area contributed by atoms with Crippen LogP contribution in [0.5, 0.6) is 0 Å². The van der Waals surface area contributed by atoms with E-state index >= 15 is 0 Å². The molecule has 0 aromatic carbocycles. The third-order valence-electron chi connectivity index (χ3n) is 2.26. The van der Waals surface area contributed by atoms with Gasteiger partial charge in [-0.25, -0.2) is 0 Å². The third-order valence-corrected chi connectivity index (χ3v) is 2.26. The van der Waals surface area contributed by atoms with Crippen molar-refractivity contribution in [1.29, 1.82) is 0 Å². The zero-order valence-electron chi connectivity index (χ0n) is 9.95. The van der Waals surface area contributed by atoms with Crippen molar-refractivity contribution in [1.82, 2.24) is 0 Å². The lowest BCUT2D eigenvalue weighted by Crippen LogP contribution is -2.04. The molecule has 0 N–H and O–H groups in total. The Balaban J connectivity index is -0.000000175. The van der Waals surface area contributed by atoms with Gasteiger partial charge in [0.25, 0.3) is 0 Å². The minimum atomic E-state index is 0.500. The van der Waals surface area contributed by atoms with E-state index in [4.69, 9.17) is 0 Å². The maximum absolute atomic E-state index is 9.50. The van der Waals surface area contributed by atoms with Crippen LogP contribution in [0.4, 0.5) is 4.39 Å². The highest BCUT2D eigenvalue weighted by molar-refractivity contribution is 4.56. The topological polar surface area (TPSA) is 0 Å². The summed E-state index contributed by atoms with van der Waals surface area (Å²) in [7, 11) is 0.500. The molecule has 0 spiro atoms. The van der Waals surface area contributed by atoms with Gasteiger partial charge in [0.1, 0.15) is 0 Å². The summed E-state index contributed by atoms with van der Waals surface area (Å²) >= 11 is 0. The molecular weight excluding hydrogens is 151 g/mol. The fourth-order valence-corrected chi connectivity index (χ4v) is 0.805. The minimum absolute atomic E-state index is 0.500. The number of hydrogen-bond donors (Lipinski definition) is 0. The number of hydrogen-bond acceptors (Lipinski definition) is 0. The van der Waals surface area contributed by atoms with E-state index in [2.05, 4.69) is 27.7 Å². The standard InChI is InChI=1S/C8H18.C2H6.CH3F/c1-5-7(3)8(4)6-2;2*1-2/h7-8H,5-6H2,1-4H3;1-2H3;1H3. The third kappa shape index (κ3) is 12.6. The van der Waals surface area contributed by atoms with E-state index in [0.717, 1.165) is 11.8 Å². The first kappa shape index (κ1) is 17.9. The monoisotopic (exact) mass is 178 g/mol. The summed E-state index contributed by atoms with van der Waals surface area (Å²) in [6, 6.07) is 0. The van der Waals surface area contributed by atoms with Crippen LogP contribution in [0.15, 0.2) is 0 Å². The van der Waals surface area contributed by atoms with Gasteiger partial charge in [0, 0.05) is 0 Å². The minimum Gasteiger partial charge on any atom is -0.255 e. The predicted molar refractivity (Wildman–Crippen MR) is 57.3 cm³/mol. The normalized spacial score (nSPS) is 13.0. The van der Waals surface area contributed by atoms with Crippen molar-refractivity contribution in [2.75, 3.05) is 7.18 Å². The zero-order valence-corrected chi connectivity index (χ0v) is 9.95. The van der Waals surface area contributed by atoms with Gasteiger partial charge in [-0.2, -0.15) is 0 Å². The van der Waals surface area contributed by atoms with E-state index in [1.165, 1.54) is 12.8 Å². The Labute approximate surface area is 78.6 Å². The molecule has 0 aliphatic heterocycles. The predicted octanol–water partition coefficient (Wildman–Crippen LogP) is 4.69. The maximum atomic E-state index is 9.50. The quantitative estimate of drug-likeness (QED) is 0.588. The van der Waals surface area contributed by atoms with Gasteiger partial charge < -0.3 is 0 Å². The molecule has 78 valence electrons. The molecule has 0 heterocycles. The van der Waals surface area contributed by atoms with Crippen molar-refractivity contribution in [3.8, 4) is 0 Å². The van der Waals surface area contributed by atoms with Crippen LogP contribution < -0.4 is 0 Å². The summed E-state index contributed by atoms with van der Waals surface area (Å²) in [6.07, 6.45) is 2.66. The van der Waals surface area contributed by atoms with E-state index in [-0.39, 0.29) is 0 Å². The Hall–Kier alpha value is -0.0700. The fourth-order valence-electron chi connectivity index (χ4n) is 0.805. The van der Waals surface area contributed by atoms with Crippen LogP contribution in [-0.2, 0) is 0 Å². The molecule has 2 unspecified atom stereocenters. The molecule has 0 rings (SSSR count). The van der Waals surface area contributed by atoms with Crippen molar-refractivity contribution < 1.29 is 4.39 Å². The van der Waals surface area contributed by atoms with Gasteiger partial charge >= 0.3 is 0 Å². The van der Waals surface area contributed by atoms with Gasteiger partial charge in [-0.1, -0.05) is 54.4 Å². The number of rotatable bonds is 3. The Bertz CT molecular complexity index is 45.0. The lowest BCUT2D eigenvalue weighted by atomic mass is 9.92. The number of alkyl halides is 1. The molecule has 1 heteroatoms. The van der Waals surface area contributed by atoms with Crippen molar-refractivity contribution in [3.05, 3.63) is 0 Å². The average Bonchev–Trinajstić information content (AvgIpc) is 2.21. The first-order valence-corrected chi connectivity index (χ1v) is 5.10. The second kappa shape index (κ2) is 17.1. The lowest BCUT2D eigenvalue weighted by molar-refractivity contribution is 0.367. The first-order valence-electron chi connectivity index (χ1n) is 5.10. The molecule has 0 amide bonds. The van der Waals surface area contributed by atoms with E-state index in [0.29, 0.717) is 7.18 Å². The molecule has 0 aliphatic rings. The first-order chi connectivity index (χ1) is 5.72. The fraction of sp³-hybridized carbons (Fsp3) is 1.00. The molecule has 0 nitrogen and oxygen atoms in total. The lowest BCUT2D eigenvalue weighted by Gasteiger charge is -2.14. The molecule has 0 radical (unpaired) electrons. The summed E-state index contributed by atoms with van der Waals surface area (Å²) in [6.45, 7) is 13.2. The largest absolute Gasteiger partial charge is 0.255 e. The van der Waals surface area contributed by atoms with Crippen LogP contribution in [0.3, 0.4) is 0 Å². The Morgan fingerprint density at radius 1 is 0.833 bits per heavy atom. The highest BCUT2D eigenvalue weighted by atomic mass is 19.1. The van der Waals surface area contributed by atoms with Gasteiger partial charge in [0.2, 0.25) is 0 Å². The SMILES string of the molecule is CC.CCC(C)C(C)CC.CF. The van der Waals surface area contributed by atoms with Gasteiger partial charge in [0.15, 0.2) is 0 Å². The maximum Gasteiger partial charge on any atom is 0.0785 e. The van der Waals surface area contributed by atoms with Crippen LogP contribution in [-0.4, -0.2) is 7.18 Å². The van der Waals surface area contributed by atoms with E-state index in [9.17, 15) is 4.39 Å². The van der Waals surface area contributed by atoms with Crippen molar-refractivity contribution >= 4 is 0 Å². The molecule has 0 saturated heterocycles. The smallest absolute Gasteiger partial charge is 0.0785 e. The molecular formula is C11H27F. The Morgan fingerprint density at radius 2 is 1.00 bits per heavy atom. The van der Waals surface area contributed by atoms with E-state index in [1.54, 1.807) is 0 Å². The van der Waals surface area contributed by atoms with Gasteiger partial charge in [-0.15, -0.1) is 0 Å². The average molecular weight is 178 g/mol. The highest BCUT2D eigenvalue weighted by Crippen LogP contribution is 2.16. The molecule has 0 aromatic heterocycles. The zero-order chi connectivity index (χ0) is 10.6. The molecule has 2 atom stereocenters. The number of halogens is 1. The second-order valence-electron chi connectivity index (χ2n) is 2.77. The Kier molecular flexibility index (Phi) is 25.5. The second-order valence-corrected chi connectivity index (χ2v) is 2.77. The summed E-state index contributed by atoms with van der Waals surface area (Å²) in [4.78, 5) is 0. The highest BCUT2D eigenvalue weighted by Gasteiger charge is 2.05. The molecule has 0 aromatic rings. The van der Waals surface area contributed by atoms with Gasteiger partial charge in [-0.05, 0) is 11.8 Å². The summed E-state index contributed by atoms with van der Waals surface area (Å²) in [5.41, 5.74) is 0. The molecule has 12 heavy (non-hydrogen) atoms. The molecule has 0 saturated carbocycles. The van der Waals surface area contributed by atoms with Crippen molar-refractivity contribution in [2.24, 2.45) is 11.8 Å².